The lowest BCUT2D eigenvalue weighted by Gasteiger charge is -2.16. The Morgan fingerprint density at radius 2 is 1.17 bits per heavy atom. The third-order valence-corrected chi connectivity index (χ3v) is 3.73. The minimum Gasteiger partial charge on any atom is -0.309 e. The SMILES string of the molecule is CCCCCCCCCCCCC(C)CN(C)C. The fourth-order valence-corrected chi connectivity index (χ4v) is 2.69. The minimum atomic E-state index is 0.869. The van der Waals surface area contributed by atoms with Crippen molar-refractivity contribution in [2.24, 2.45) is 5.92 Å². The molecule has 0 radical (unpaired) electrons. The van der Waals surface area contributed by atoms with E-state index in [1.807, 2.05) is 0 Å². The molecule has 0 bridgehead atoms. The van der Waals surface area contributed by atoms with Crippen LogP contribution in [-0.4, -0.2) is 25.5 Å². The van der Waals surface area contributed by atoms with Gasteiger partial charge < -0.3 is 4.90 Å². The Morgan fingerprint density at radius 1 is 0.722 bits per heavy atom. The molecule has 110 valence electrons. The molecule has 0 fully saturated rings. The first-order valence-corrected chi connectivity index (χ1v) is 8.31. The van der Waals surface area contributed by atoms with Crippen LogP contribution in [0.25, 0.3) is 0 Å². The van der Waals surface area contributed by atoms with Gasteiger partial charge in [0.05, 0.1) is 0 Å². The van der Waals surface area contributed by atoms with Crippen LogP contribution in [0.2, 0.25) is 0 Å². The van der Waals surface area contributed by atoms with Crippen LogP contribution in [0.15, 0.2) is 0 Å². The zero-order valence-corrected chi connectivity index (χ0v) is 13.5. The lowest BCUT2D eigenvalue weighted by Crippen LogP contribution is -2.19. The summed E-state index contributed by atoms with van der Waals surface area (Å²) in [5.74, 6) is 0.869. The van der Waals surface area contributed by atoms with Crippen molar-refractivity contribution in [2.75, 3.05) is 20.6 Å². The first-order chi connectivity index (χ1) is 8.66. The lowest BCUT2D eigenvalue weighted by molar-refractivity contribution is 0.321. The van der Waals surface area contributed by atoms with E-state index in [4.69, 9.17) is 0 Å². The third kappa shape index (κ3) is 14.0. The van der Waals surface area contributed by atoms with E-state index in [0.717, 1.165) is 5.92 Å². The maximum Gasteiger partial charge on any atom is 0.0000920 e. The van der Waals surface area contributed by atoms with E-state index >= 15 is 0 Å². The molecule has 0 heterocycles. The summed E-state index contributed by atoms with van der Waals surface area (Å²) in [6, 6.07) is 0. The van der Waals surface area contributed by atoms with Crippen molar-refractivity contribution in [1.82, 2.24) is 4.90 Å². The summed E-state index contributed by atoms with van der Waals surface area (Å²) < 4.78 is 0. The topological polar surface area (TPSA) is 3.24 Å². The molecule has 0 saturated heterocycles. The lowest BCUT2D eigenvalue weighted by atomic mass is 10.0. The maximum absolute atomic E-state index is 2.38. The van der Waals surface area contributed by atoms with Gasteiger partial charge in [0.15, 0.2) is 0 Å². The molecule has 0 aliphatic heterocycles. The highest BCUT2D eigenvalue weighted by Gasteiger charge is 2.02. The fraction of sp³-hybridized carbons (Fsp3) is 1.00. The Morgan fingerprint density at radius 3 is 1.61 bits per heavy atom. The van der Waals surface area contributed by atoms with Crippen molar-refractivity contribution in [1.29, 1.82) is 0 Å². The Kier molecular flexibility index (Phi) is 13.4. The summed E-state index contributed by atoms with van der Waals surface area (Å²) in [5.41, 5.74) is 0. The van der Waals surface area contributed by atoms with Gasteiger partial charge >= 0.3 is 0 Å². The van der Waals surface area contributed by atoms with Gasteiger partial charge in [-0.1, -0.05) is 78.1 Å². The Balaban J connectivity index is 3.07. The molecule has 0 amide bonds. The van der Waals surface area contributed by atoms with E-state index in [2.05, 4.69) is 32.8 Å². The predicted molar refractivity (Wildman–Crippen MR) is 84.2 cm³/mol. The molecule has 0 aliphatic rings. The Hall–Kier alpha value is -0.0400. The summed E-state index contributed by atoms with van der Waals surface area (Å²) in [6.45, 7) is 5.92. The second kappa shape index (κ2) is 13.4. The van der Waals surface area contributed by atoms with Crippen LogP contribution < -0.4 is 0 Å². The van der Waals surface area contributed by atoms with Gasteiger partial charge in [0.2, 0.25) is 0 Å². The van der Waals surface area contributed by atoms with Crippen molar-refractivity contribution in [3.05, 3.63) is 0 Å². The normalized spacial score (nSPS) is 13.2. The van der Waals surface area contributed by atoms with Crippen molar-refractivity contribution < 1.29 is 0 Å². The van der Waals surface area contributed by atoms with E-state index in [-0.39, 0.29) is 0 Å². The first kappa shape index (κ1) is 18.0. The Labute approximate surface area is 116 Å². The molecule has 1 unspecified atom stereocenters. The highest BCUT2D eigenvalue weighted by atomic mass is 15.1. The van der Waals surface area contributed by atoms with Gasteiger partial charge in [0.25, 0.3) is 0 Å². The van der Waals surface area contributed by atoms with E-state index < -0.39 is 0 Å². The van der Waals surface area contributed by atoms with Crippen LogP contribution in [0.3, 0.4) is 0 Å². The molecule has 0 aliphatic carbocycles. The molecule has 0 spiro atoms. The average molecular weight is 255 g/mol. The fourth-order valence-electron chi connectivity index (χ4n) is 2.69. The average Bonchev–Trinajstić information content (AvgIpc) is 2.30. The second-order valence-corrected chi connectivity index (χ2v) is 6.34. The van der Waals surface area contributed by atoms with Crippen molar-refractivity contribution in [3.63, 3.8) is 0 Å². The molecule has 0 rings (SSSR count). The molecule has 18 heavy (non-hydrogen) atoms. The van der Waals surface area contributed by atoms with Crippen LogP contribution >= 0.6 is 0 Å². The zero-order valence-electron chi connectivity index (χ0n) is 13.5. The minimum absolute atomic E-state index is 0.869. The third-order valence-electron chi connectivity index (χ3n) is 3.73. The summed E-state index contributed by atoms with van der Waals surface area (Å²) >= 11 is 0. The van der Waals surface area contributed by atoms with Crippen LogP contribution in [0, 0.1) is 5.92 Å². The number of hydrogen-bond acceptors (Lipinski definition) is 1. The predicted octanol–water partition coefficient (Wildman–Crippen LogP) is 5.50. The van der Waals surface area contributed by atoms with Crippen molar-refractivity contribution >= 4 is 0 Å². The van der Waals surface area contributed by atoms with Gasteiger partial charge in [-0.25, -0.2) is 0 Å². The maximum atomic E-state index is 2.38. The second-order valence-electron chi connectivity index (χ2n) is 6.34. The molecule has 1 heteroatoms. The number of rotatable bonds is 13. The zero-order chi connectivity index (χ0) is 13.6. The number of nitrogens with zero attached hydrogens (tertiary/aromatic N) is 1. The monoisotopic (exact) mass is 255 g/mol. The van der Waals surface area contributed by atoms with Crippen LogP contribution in [0.4, 0.5) is 0 Å². The highest BCUT2D eigenvalue weighted by Crippen LogP contribution is 2.14. The smallest absolute Gasteiger partial charge is 0.0000920 e. The quantitative estimate of drug-likeness (QED) is 0.393. The van der Waals surface area contributed by atoms with Gasteiger partial charge in [-0.05, 0) is 26.4 Å². The highest BCUT2D eigenvalue weighted by molar-refractivity contribution is 4.57. The molecule has 0 aromatic heterocycles. The summed E-state index contributed by atoms with van der Waals surface area (Å²) in [4.78, 5) is 2.31. The molecular weight excluding hydrogens is 218 g/mol. The summed E-state index contributed by atoms with van der Waals surface area (Å²) in [5, 5.41) is 0. The summed E-state index contributed by atoms with van der Waals surface area (Å²) in [6.07, 6.45) is 15.9. The van der Waals surface area contributed by atoms with Crippen LogP contribution in [0.5, 0.6) is 0 Å². The summed E-state index contributed by atoms with van der Waals surface area (Å²) in [7, 11) is 4.35. The van der Waals surface area contributed by atoms with Gasteiger partial charge in [0.1, 0.15) is 0 Å². The van der Waals surface area contributed by atoms with Crippen molar-refractivity contribution in [2.45, 2.75) is 84.5 Å². The molecular formula is C17H37N. The standard InChI is InChI=1S/C17H37N/c1-5-6-7-8-9-10-11-12-13-14-15-17(2)16-18(3)4/h17H,5-16H2,1-4H3. The van der Waals surface area contributed by atoms with Gasteiger partial charge in [-0.3, -0.25) is 0 Å². The van der Waals surface area contributed by atoms with Gasteiger partial charge in [-0.2, -0.15) is 0 Å². The largest absolute Gasteiger partial charge is 0.309 e. The Bertz CT molecular complexity index is 154. The van der Waals surface area contributed by atoms with E-state index in [1.54, 1.807) is 0 Å². The molecule has 0 aromatic carbocycles. The molecule has 0 N–H and O–H groups in total. The molecule has 1 atom stereocenters. The van der Waals surface area contributed by atoms with Crippen LogP contribution in [-0.2, 0) is 0 Å². The van der Waals surface area contributed by atoms with Gasteiger partial charge in [-0.15, -0.1) is 0 Å². The van der Waals surface area contributed by atoms with E-state index in [0.29, 0.717) is 0 Å². The van der Waals surface area contributed by atoms with E-state index in [9.17, 15) is 0 Å². The van der Waals surface area contributed by atoms with Crippen molar-refractivity contribution in [3.8, 4) is 0 Å². The number of unbranched alkanes of at least 4 members (excludes halogenated alkanes) is 9. The molecule has 1 nitrogen and oxygen atoms in total. The molecule has 0 aromatic rings. The number of hydrogen-bond donors (Lipinski definition) is 0. The van der Waals surface area contributed by atoms with E-state index in [1.165, 1.54) is 77.2 Å². The van der Waals surface area contributed by atoms with Gasteiger partial charge in [0, 0.05) is 6.54 Å². The first-order valence-electron chi connectivity index (χ1n) is 8.31. The molecule has 0 saturated carbocycles. The van der Waals surface area contributed by atoms with Crippen LogP contribution in [0.1, 0.15) is 84.5 Å².